The molecule has 0 aliphatic carbocycles. The van der Waals surface area contributed by atoms with E-state index in [1.54, 1.807) is 6.07 Å². The zero-order chi connectivity index (χ0) is 14.4. The number of halogens is 2. The number of rotatable bonds is 1. The zero-order valence-corrected chi connectivity index (χ0v) is 14.9. The van der Waals surface area contributed by atoms with E-state index in [0.29, 0.717) is 20.7 Å². The van der Waals surface area contributed by atoms with Crippen LogP contribution >= 0.6 is 45.5 Å². The number of anilines is 1. The monoisotopic (exact) mass is 486 g/mol. The van der Waals surface area contributed by atoms with E-state index in [-0.39, 0.29) is 11.5 Å². The van der Waals surface area contributed by atoms with Gasteiger partial charge < -0.3 is 10.3 Å². The molecule has 0 aliphatic rings. The molecule has 2 aromatic rings. The lowest BCUT2D eigenvalue weighted by molar-refractivity contribution is -0.123. The van der Waals surface area contributed by atoms with Crippen LogP contribution in [0.25, 0.3) is 11.0 Å². The van der Waals surface area contributed by atoms with Crippen molar-refractivity contribution in [2.75, 3.05) is 5.32 Å². The van der Waals surface area contributed by atoms with Crippen LogP contribution in [0.5, 0.6) is 0 Å². The maximum absolute atomic E-state index is 12.0. The third kappa shape index (κ3) is 2.93. The second kappa shape index (κ2) is 5.04. The highest BCUT2D eigenvalue weighted by molar-refractivity contribution is 14.1. The van der Waals surface area contributed by atoms with Crippen LogP contribution in [0.3, 0.4) is 0 Å². The molecule has 102 valence electrons. The van der Waals surface area contributed by atoms with Gasteiger partial charge in [-0.2, -0.15) is 0 Å². The van der Waals surface area contributed by atoms with E-state index in [4.69, 9.17) is 0 Å². The summed E-state index contributed by atoms with van der Waals surface area (Å²) in [6.45, 7) is 5.47. The van der Waals surface area contributed by atoms with Crippen molar-refractivity contribution >= 4 is 68.2 Å². The minimum atomic E-state index is -0.497. The van der Waals surface area contributed by atoms with Gasteiger partial charge in [0.25, 0.3) is 5.56 Å². The number of carbonyl (C=O) groups excluding carboxylic acids is 1. The number of aromatic amines is 1. The van der Waals surface area contributed by atoms with Gasteiger partial charge in [-0.25, -0.2) is 7.76 Å². The van der Waals surface area contributed by atoms with Crippen molar-refractivity contribution in [1.29, 1.82) is 0 Å². The Bertz CT molecular complexity index is 712. The standard InChI is InChI=1S/C11H12I2N4O2/c1-11(2,3)9(19)15-6-4-5-7(14-6)16-10(12)17(13)8(5)18/h4,14H,1-3H3,(H,15,19). The molecule has 1 amide bonds. The Labute approximate surface area is 137 Å². The zero-order valence-electron chi connectivity index (χ0n) is 10.5. The van der Waals surface area contributed by atoms with E-state index in [1.807, 2.05) is 66.2 Å². The lowest BCUT2D eigenvalue weighted by Crippen LogP contribution is -2.27. The normalized spacial score (nSPS) is 11.8. The molecule has 0 aliphatic heterocycles. The van der Waals surface area contributed by atoms with Crippen molar-refractivity contribution in [3.63, 3.8) is 0 Å². The van der Waals surface area contributed by atoms with Crippen LogP contribution in [0.4, 0.5) is 5.82 Å². The van der Waals surface area contributed by atoms with Crippen LogP contribution in [0.1, 0.15) is 20.8 Å². The van der Waals surface area contributed by atoms with E-state index < -0.39 is 5.41 Å². The lowest BCUT2D eigenvalue weighted by Gasteiger charge is -2.16. The Morgan fingerprint density at radius 1 is 1.47 bits per heavy atom. The van der Waals surface area contributed by atoms with E-state index in [2.05, 4.69) is 15.3 Å². The first kappa shape index (κ1) is 14.8. The first-order valence-corrected chi connectivity index (χ1v) is 7.53. The quantitative estimate of drug-likeness (QED) is 0.481. The molecular formula is C11H12I2N4O2. The topological polar surface area (TPSA) is 79.8 Å². The number of hydrogen-bond acceptors (Lipinski definition) is 3. The Balaban J connectivity index is 2.46. The summed E-state index contributed by atoms with van der Waals surface area (Å²) >= 11 is 3.88. The minimum Gasteiger partial charge on any atom is -0.326 e. The van der Waals surface area contributed by atoms with Crippen LogP contribution in [0.15, 0.2) is 10.9 Å². The fourth-order valence-electron chi connectivity index (χ4n) is 1.40. The highest BCUT2D eigenvalue weighted by Crippen LogP contribution is 2.19. The second-order valence-corrected chi connectivity index (χ2v) is 7.05. The fraction of sp³-hybridized carbons (Fsp3) is 0.364. The van der Waals surface area contributed by atoms with Crippen LogP contribution in [-0.2, 0) is 4.79 Å². The molecular weight excluding hydrogens is 474 g/mol. The molecule has 0 atom stereocenters. The van der Waals surface area contributed by atoms with E-state index in [9.17, 15) is 9.59 Å². The van der Waals surface area contributed by atoms with Gasteiger partial charge in [-0.1, -0.05) is 20.8 Å². The van der Waals surface area contributed by atoms with Gasteiger partial charge in [0, 0.05) is 28.0 Å². The average Bonchev–Trinajstić information content (AvgIpc) is 2.67. The minimum absolute atomic E-state index is 0.122. The lowest BCUT2D eigenvalue weighted by atomic mass is 9.96. The molecule has 2 rings (SSSR count). The maximum atomic E-state index is 12.0. The summed E-state index contributed by atoms with van der Waals surface area (Å²) in [4.78, 5) is 31.1. The molecule has 0 saturated carbocycles. The van der Waals surface area contributed by atoms with E-state index >= 15 is 0 Å². The van der Waals surface area contributed by atoms with Gasteiger partial charge in [-0.3, -0.25) is 9.59 Å². The molecule has 0 saturated heterocycles. The maximum Gasteiger partial charge on any atom is 0.272 e. The SMILES string of the molecule is CC(C)(C)C(=O)Nc1cc2c(=O)n(I)c(I)nc2[nH]1. The van der Waals surface area contributed by atoms with Crippen molar-refractivity contribution in [3.8, 4) is 0 Å². The van der Waals surface area contributed by atoms with Gasteiger partial charge >= 0.3 is 0 Å². The fourth-order valence-corrected chi connectivity index (χ4v) is 2.23. The molecule has 2 N–H and O–H groups in total. The van der Waals surface area contributed by atoms with Crippen molar-refractivity contribution in [3.05, 3.63) is 20.3 Å². The molecule has 2 heterocycles. The van der Waals surface area contributed by atoms with Crippen molar-refractivity contribution < 1.29 is 4.79 Å². The summed E-state index contributed by atoms with van der Waals surface area (Å²) in [6.07, 6.45) is 0. The third-order valence-corrected chi connectivity index (χ3v) is 5.04. The number of nitrogens with one attached hydrogen (secondary N) is 2. The van der Waals surface area contributed by atoms with Crippen molar-refractivity contribution in [2.24, 2.45) is 5.41 Å². The molecule has 6 nitrogen and oxygen atoms in total. The number of fused-ring (bicyclic) bond motifs is 1. The summed E-state index contributed by atoms with van der Waals surface area (Å²) in [5.41, 5.74) is -0.170. The smallest absolute Gasteiger partial charge is 0.272 e. The van der Waals surface area contributed by atoms with Crippen LogP contribution < -0.4 is 10.9 Å². The van der Waals surface area contributed by atoms with Crippen LogP contribution in [0.2, 0.25) is 0 Å². The van der Waals surface area contributed by atoms with Gasteiger partial charge in [0.15, 0.2) is 3.83 Å². The predicted octanol–water partition coefficient (Wildman–Crippen LogP) is 2.51. The highest BCUT2D eigenvalue weighted by Gasteiger charge is 2.22. The summed E-state index contributed by atoms with van der Waals surface area (Å²) in [6, 6.07) is 1.61. The Hall–Kier alpha value is -0.650. The molecule has 19 heavy (non-hydrogen) atoms. The summed E-state index contributed by atoms with van der Waals surface area (Å²) in [7, 11) is 0. The van der Waals surface area contributed by atoms with Gasteiger partial charge in [0.05, 0.1) is 28.3 Å². The summed E-state index contributed by atoms with van der Waals surface area (Å²) in [5.74, 6) is 0.362. The van der Waals surface area contributed by atoms with Crippen LogP contribution in [0, 0.1) is 9.25 Å². The molecule has 2 aromatic heterocycles. The number of carbonyl (C=O) groups is 1. The number of nitrogens with zero attached hydrogens (tertiary/aromatic N) is 2. The highest BCUT2D eigenvalue weighted by atomic mass is 127. The van der Waals surface area contributed by atoms with Crippen molar-refractivity contribution in [2.45, 2.75) is 20.8 Å². The Morgan fingerprint density at radius 3 is 2.68 bits per heavy atom. The average molecular weight is 486 g/mol. The van der Waals surface area contributed by atoms with Gasteiger partial charge in [0.1, 0.15) is 11.5 Å². The van der Waals surface area contributed by atoms with Crippen LogP contribution in [-0.4, -0.2) is 18.7 Å². The van der Waals surface area contributed by atoms with Gasteiger partial charge in [-0.05, 0) is 6.07 Å². The molecule has 0 aromatic carbocycles. The molecule has 0 radical (unpaired) electrons. The third-order valence-electron chi connectivity index (χ3n) is 2.50. The number of hydrogen-bond donors (Lipinski definition) is 2. The van der Waals surface area contributed by atoms with E-state index in [0.717, 1.165) is 0 Å². The number of H-pyrrole nitrogens is 1. The summed E-state index contributed by atoms with van der Waals surface area (Å²) < 4.78 is 2.01. The second-order valence-electron chi connectivity index (χ2n) is 5.12. The Morgan fingerprint density at radius 2 is 2.11 bits per heavy atom. The Kier molecular flexibility index (Phi) is 3.91. The molecule has 0 unspecified atom stereocenters. The number of aromatic nitrogens is 3. The predicted molar refractivity (Wildman–Crippen MR) is 90.6 cm³/mol. The van der Waals surface area contributed by atoms with Gasteiger partial charge in [-0.15, -0.1) is 0 Å². The molecule has 0 bridgehead atoms. The summed E-state index contributed by atoms with van der Waals surface area (Å²) in [5, 5.41) is 3.21. The molecule has 0 fully saturated rings. The van der Waals surface area contributed by atoms with E-state index in [1.165, 1.54) is 2.78 Å². The first-order valence-electron chi connectivity index (χ1n) is 5.49. The van der Waals surface area contributed by atoms with Gasteiger partial charge in [0.2, 0.25) is 5.91 Å². The van der Waals surface area contributed by atoms with Crippen molar-refractivity contribution in [1.82, 2.24) is 12.7 Å². The largest absolute Gasteiger partial charge is 0.326 e. The molecule has 8 heteroatoms. The molecule has 0 spiro atoms. The first-order chi connectivity index (χ1) is 8.70. The number of amides is 1.